The molecule has 1 aromatic carbocycles. The highest BCUT2D eigenvalue weighted by Gasteiger charge is 3.03. The predicted molar refractivity (Wildman–Crippen MR) is 85.7 cm³/mol. The number of benzene rings is 1. The number of hydrogen-bond donors (Lipinski definition) is 0. The molecule has 25 heavy (non-hydrogen) atoms. The second kappa shape index (κ2) is 3.87. The Morgan fingerprint density at radius 3 is 2.72 bits per heavy atom. The second-order valence-corrected chi connectivity index (χ2v) is 7.65. The van der Waals surface area contributed by atoms with E-state index in [1.165, 1.54) is 18.2 Å². The Balaban J connectivity index is 1.53. The maximum absolute atomic E-state index is 14.1. The van der Waals surface area contributed by atoms with Crippen molar-refractivity contribution in [2.45, 2.75) is 24.7 Å². The first-order valence-corrected chi connectivity index (χ1v) is 8.58. The topological polar surface area (TPSA) is 42.9 Å². The fraction of sp³-hybridized carbons (Fsp3) is 0.350. The third kappa shape index (κ3) is 1.18. The van der Waals surface area contributed by atoms with Crippen LogP contribution < -0.4 is 0 Å². The van der Waals surface area contributed by atoms with Crippen LogP contribution in [0.25, 0.3) is 11.3 Å². The fourth-order valence-electron chi connectivity index (χ4n) is 6.15. The summed E-state index contributed by atoms with van der Waals surface area (Å²) < 4.78 is 28.2. The molecule has 3 saturated carbocycles. The number of fused-ring (bicyclic) bond motifs is 5. The number of carbonyl (C=O) groups is 1. The molecule has 0 radical (unpaired) electrons. The molecule has 0 bridgehead atoms. The molecule has 0 aliphatic heterocycles. The standard InChI is InChI=1S/C20H14F2N2O/c1-2-4-14(25)19-8-10-17-16(20(10,17)19)9-7-13(23-24-18(9)19)15-11(21)5-3-6-12(15)22/h2-7,10,16-17H,8H2,1H3/b4-2+/t10?,16-,17?,19+,20?/m1/s1. The van der Waals surface area contributed by atoms with E-state index in [9.17, 15) is 13.6 Å². The molecule has 0 amide bonds. The zero-order valence-electron chi connectivity index (χ0n) is 13.5. The summed E-state index contributed by atoms with van der Waals surface area (Å²) in [6, 6.07) is 5.53. The van der Waals surface area contributed by atoms with Crippen molar-refractivity contribution in [2.75, 3.05) is 0 Å². The van der Waals surface area contributed by atoms with Crippen molar-refractivity contribution >= 4 is 5.78 Å². The molecule has 1 heterocycles. The third-order valence-corrected chi connectivity index (χ3v) is 7.04. The van der Waals surface area contributed by atoms with Gasteiger partial charge in [0.2, 0.25) is 0 Å². The molecule has 6 rings (SSSR count). The summed E-state index contributed by atoms with van der Waals surface area (Å²) in [7, 11) is 0. The second-order valence-electron chi connectivity index (χ2n) is 7.65. The van der Waals surface area contributed by atoms with Gasteiger partial charge in [0.05, 0.1) is 22.4 Å². The Morgan fingerprint density at radius 2 is 2.04 bits per heavy atom. The van der Waals surface area contributed by atoms with Gasteiger partial charge in [-0.2, -0.15) is 5.10 Å². The molecule has 1 spiro atoms. The van der Waals surface area contributed by atoms with Gasteiger partial charge in [-0.15, -0.1) is 5.10 Å². The largest absolute Gasteiger partial charge is 0.294 e. The Labute approximate surface area is 142 Å². The van der Waals surface area contributed by atoms with Crippen molar-refractivity contribution in [3.05, 3.63) is 59.3 Å². The number of carbonyl (C=O) groups excluding carboxylic acids is 1. The van der Waals surface area contributed by atoms with Gasteiger partial charge >= 0.3 is 0 Å². The van der Waals surface area contributed by atoms with E-state index >= 15 is 0 Å². The number of allylic oxidation sites excluding steroid dienone is 2. The minimum Gasteiger partial charge on any atom is -0.294 e. The molecule has 3 nitrogen and oxygen atoms in total. The van der Waals surface area contributed by atoms with Gasteiger partial charge in [-0.25, -0.2) is 8.78 Å². The molecular weight excluding hydrogens is 322 g/mol. The maximum atomic E-state index is 14.1. The van der Waals surface area contributed by atoms with Crippen molar-refractivity contribution in [3.8, 4) is 11.3 Å². The first-order valence-electron chi connectivity index (χ1n) is 8.58. The monoisotopic (exact) mass is 336 g/mol. The van der Waals surface area contributed by atoms with E-state index in [4.69, 9.17) is 0 Å². The van der Waals surface area contributed by atoms with Crippen LogP contribution in [-0.2, 0) is 10.2 Å². The Hall–Kier alpha value is -2.43. The highest BCUT2D eigenvalue weighted by Crippen LogP contribution is 3.05. The SMILES string of the molecule is C/C=C/C(=O)[C@@]12CC3C4[C@@H](c5cc(-c6c(F)cccc6F)nnc51)C342. The molecule has 5 heteroatoms. The molecule has 1 aromatic heterocycles. The molecule has 0 N–H and O–H groups in total. The van der Waals surface area contributed by atoms with Crippen molar-refractivity contribution in [1.82, 2.24) is 10.2 Å². The van der Waals surface area contributed by atoms with Gasteiger partial charge in [-0.3, -0.25) is 4.79 Å². The first kappa shape index (κ1) is 13.8. The summed E-state index contributed by atoms with van der Waals surface area (Å²) in [6.07, 6.45) is 4.24. The zero-order chi connectivity index (χ0) is 17.1. The summed E-state index contributed by atoms with van der Waals surface area (Å²) in [4.78, 5) is 12.8. The van der Waals surface area contributed by atoms with Crippen LogP contribution >= 0.6 is 0 Å². The minimum atomic E-state index is -0.646. The normalized spacial score (nSPS) is 38.0. The van der Waals surface area contributed by atoms with E-state index in [2.05, 4.69) is 10.2 Å². The maximum Gasteiger partial charge on any atom is 0.168 e. The lowest BCUT2D eigenvalue weighted by Gasteiger charge is -2.42. The molecule has 124 valence electrons. The van der Waals surface area contributed by atoms with E-state index in [-0.39, 0.29) is 22.5 Å². The highest BCUT2D eigenvalue weighted by atomic mass is 19.1. The fourth-order valence-corrected chi connectivity index (χ4v) is 6.15. The van der Waals surface area contributed by atoms with Crippen LogP contribution in [0.2, 0.25) is 0 Å². The summed E-state index contributed by atoms with van der Waals surface area (Å²) in [5.74, 6) is 0.304. The number of rotatable bonds is 3. The number of aromatic nitrogens is 2. The van der Waals surface area contributed by atoms with Crippen LogP contribution in [-0.4, -0.2) is 16.0 Å². The van der Waals surface area contributed by atoms with Crippen molar-refractivity contribution in [2.24, 2.45) is 17.3 Å². The van der Waals surface area contributed by atoms with E-state index in [1.54, 1.807) is 18.2 Å². The van der Waals surface area contributed by atoms with Crippen LogP contribution in [0.3, 0.4) is 0 Å². The van der Waals surface area contributed by atoms with E-state index in [0.29, 0.717) is 17.8 Å². The molecule has 0 saturated heterocycles. The third-order valence-electron chi connectivity index (χ3n) is 7.04. The Bertz CT molecular complexity index is 1010. The Kier molecular flexibility index (Phi) is 2.14. The number of ketones is 1. The number of nitrogens with zero attached hydrogens (tertiary/aromatic N) is 2. The lowest BCUT2D eigenvalue weighted by molar-refractivity contribution is -0.125. The van der Waals surface area contributed by atoms with Gasteiger partial charge in [-0.05, 0) is 60.9 Å². The zero-order valence-corrected chi connectivity index (χ0v) is 13.5. The van der Waals surface area contributed by atoms with Gasteiger partial charge in [0.1, 0.15) is 11.6 Å². The van der Waals surface area contributed by atoms with Crippen LogP contribution in [0.5, 0.6) is 0 Å². The van der Waals surface area contributed by atoms with Crippen molar-refractivity contribution in [3.63, 3.8) is 0 Å². The summed E-state index contributed by atoms with van der Waals surface area (Å²) in [5, 5.41) is 8.43. The van der Waals surface area contributed by atoms with Crippen LogP contribution in [0.4, 0.5) is 8.78 Å². The predicted octanol–water partition coefficient (Wildman–Crippen LogP) is 3.55. The molecule has 3 unspecified atom stereocenters. The summed E-state index contributed by atoms with van der Waals surface area (Å²) >= 11 is 0. The summed E-state index contributed by atoms with van der Waals surface area (Å²) in [5.41, 5.74) is 1.30. The molecule has 5 atom stereocenters. The van der Waals surface area contributed by atoms with Crippen LogP contribution in [0, 0.1) is 28.9 Å². The molecule has 4 aliphatic carbocycles. The van der Waals surface area contributed by atoms with Gasteiger partial charge in [0.15, 0.2) is 5.78 Å². The van der Waals surface area contributed by atoms with Crippen LogP contribution in [0.1, 0.15) is 30.5 Å². The molecule has 4 aliphatic rings. The lowest BCUT2D eigenvalue weighted by Crippen LogP contribution is -2.48. The highest BCUT2D eigenvalue weighted by molar-refractivity contribution is 6.05. The van der Waals surface area contributed by atoms with E-state index in [0.717, 1.165) is 17.7 Å². The van der Waals surface area contributed by atoms with E-state index in [1.807, 2.05) is 6.92 Å². The smallest absolute Gasteiger partial charge is 0.168 e. The lowest BCUT2D eigenvalue weighted by atomic mass is 9.58. The van der Waals surface area contributed by atoms with Gasteiger partial charge in [-0.1, -0.05) is 12.1 Å². The van der Waals surface area contributed by atoms with Gasteiger partial charge in [0, 0.05) is 5.41 Å². The van der Waals surface area contributed by atoms with Gasteiger partial charge in [0.25, 0.3) is 0 Å². The van der Waals surface area contributed by atoms with Crippen molar-refractivity contribution < 1.29 is 13.6 Å². The summed E-state index contributed by atoms with van der Waals surface area (Å²) in [6.45, 7) is 1.84. The molecule has 3 fully saturated rings. The molecular formula is C20H14F2N2O. The molecule has 2 aromatic rings. The first-order chi connectivity index (χ1) is 12.1. The minimum absolute atomic E-state index is 0.0486. The number of hydrogen-bond acceptors (Lipinski definition) is 3. The van der Waals surface area contributed by atoms with Crippen molar-refractivity contribution in [1.29, 1.82) is 0 Å². The van der Waals surface area contributed by atoms with Crippen LogP contribution in [0.15, 0.2) is 36.4 Å². The van der Waals surface area contributed by atoms with Gasteiger partial charge < -0.3 is 0 Å². The quantitative estimate of drug-likeness (QED) is 0.805. The average Bonchev–Trinajstić information content (AvgIpc) is 3.40. The number of halogens is 2. The average molecular weight is 336 g/mol. The van der Waals surface area contributed by atoms with E-state index < -0.39 is 17.0 Å². The Morgan fingerprint density at radius 1 is 1.28 bits per heavy atom.